The number of likely N-dealkylation sites (tertiary alicyclic amines) is 1. The van der Waals surface area contributed by atoms with E-state index >= 15 is 0 Å². The molecule has 1 unspecified atom stereocenters. The summed E-state index contributed by atoms with van der Waals surface area (Å²) < 4.78 is 5.34. The van der Waals surface area contributed by atoms with Crippen molar-refractivity contribution in [2.75, 3.05) is 26.7 Å². The molecule has 1 aliphatic carbocycles. The number of nitrogens with one attached hydrogen (secondary N) is 1. The predicted octanol–water partition coefficient (Wildman–Crippen LogP) is 2.06. The first-order valence-electron chi connectivity index (χ1n) is 8.84. The van der Waals surface area contributed by atoms with Crippen molar-refractivity contribution in [2.24, 2.45) is 11.3 Å². The molecule has 6 nitrogen and oxygen atoms in total. The first-order valence-corrected chi connectivity index (χ1v) is 8.84. The van der Waals surface area contributed by atoms with Gasteiger partial charge in [0.15, 0.2) is 0 Å². The third-order valence-corrected chi connectivity index (χ3v) is 5.72. The number of carboxylic acids is 1. The highest BCUT2D eigenvalue weighted by atomic mass is 16.5. The van der Waals surface area contributed by atoms with Crippen molar-refractivity contribution >= 4 is 11.9 Å². The van der Waals surface area contributed by atoms with Gasteiger partial charge in [-0.25, -0.2) is 0 Å². The van der Waals surface area contributed by atoms with Crippen LogP contribution in [0.2, 0.25) is 0 Å². The summed E-state index contributed by atoms with van der Waals surface area (Å²) in [6, 6.07) is 7.45. The normalized spacial score (nSPS) is 26.9. The number of carboxylic acid groups (broad SMARTS) is 1. The molecule has 1 aliphatic heterocycles. The number of fused-ring (bicyclic) bond motifs is 1. The van der Waals surface area contributed by atoms with Crippen molar-refractivity contribution in [1.82, 2.24) is 10.2 Å². The minimum atomic E-state index is -0.708. The van der Waals surface area contributed by atoms with Crippen LogP contribution >= 0.6 is 0 Å². The number of para-hydroxylation sites is 1. The molecule has 136 valence electrons. The molecule has 1 amide bonds. The molecule has 3 rings (SSSR count). The van der Waals surface area contributed by atoms with E-state index < -0.39 is 11.4 Å². The number of carbonyl (C=O) groups is 2. The lowest BCUT2D eigenvalue weighted by atomic mass is 9.81. The molecule has 1 aromatic carbocycles. The Balaban J connectivity index is 1.59. The summed E-state index contributed by atoms with van der Waals surface area (Å²) in [5.74, 6) is 0.125. The Hall–Kier alpha value is -2.08. The van der Waals surface area contributed by atoms with Crippen LogP contribution in [-0.2, 0) is 9.59 Å². The number of hydrogen-bond donors (Lipinski definition) is 2. The fraction of sp³-hybridized carbons (Fsp3) is 0.579. The van der Waals surface area contributed by atoms with E-state index in [-0.39, 0.29) is 24.4 Å². The van der Waals surface area contributed by atoms with Crippen LogP contribution in [-0.4, -0.2) is 48.6 Å². The topological polar surface area (TPSA) is 78.9 Å². The number of amides is 1. The summed E-state index contributed by atoms with van der Waals surface area (Å²) in [6.45, 7) is 3.34. The summed E-state index contributed by atoms with van der Waals surface area (Å²) >= 11 is 0. The largest absolute Gasteiger partial charge is 0.496 e. The van der Waals surface area contributed by atoms with Crippen LogP contribution in [0.1, 0.15) is 37.8 Å². The Morgan fingerprint density at radius 3 is 2.88 bits per heavy atom. The van der Waals surface area contributed by atoms with Crippen LogP contribution < -0.4 is 10.1 Å². The average molecular weight is 346 g/mol. The molecule has 2 N–H and O–H groups in total. The quantitative estimate of drug-likeness (QED) is 0.824. The molecule has 1 heterocycles. The van der Waals surface area contributed by atoms with Crippen molar-refractivity contribution in [3.8, 4) is 5.75 Å². The standard InChI is InChI=1S/C19H26N2O4/c1-13(15-7-3-4-8-16(15)25-2)20-17(22)11-21-10-14-6-5-9-19(14,12-21)18(23)24/h3-4,7-8,13-14H,5-6,9-12H2,1-2H3,(H,20,22)(H,23,24)/t13?,14-,19+/m0/s1. The van der Waals surface area contributed by atoms with Gasteiger partial charge in [-0.15, -0.1) is 0 Å². The van der Waals surface area contributed by atoms with Gasteiger partial charge in [-0.05, 0) is 31.7 Å². The monoisotopic (exact) mass is 346 g/mol. The van der Waals surface area contributed by atoms with Crippen molar-refractivity contribution in [2.45, 2.75) is 32.2 Å². The second-order valence-corrected chi connectivity index (χ2v) is 7.25. The van der Waals surface area contributed by atoms with Gasteiger partial charge in [0.25, 0.3) is 0 Å². The third-order valence-electron chi connectivity index (χ3n) is 5.72. The number of hydrogen-bond acceptors (Lipinski definition) is 4. The first kappa shape index (κ1) is 17.7. The Bertz CT molecular complexity index is 663. The van der Waals surface area contributed by atoms with E-state index in [0.29, 0.717) is 13.1 Å². The molecule has 2 aliphatic rings. The number of rotatable bonds is 6. The van der Waals surface area contributed by atoms with Crippen molar-refractivity contribution in [3.63, 3.8) is 0 Å². The molecule has 0 bridgehead atoms. The SMILES string of the molecule is COc1ccccc1C(C)NC(=O)CN1C[C@@H]2CCC[C@@]2(C(=O)O)C1. The lowest BCUT2D eigenvalue weighted by molar-refractivity contribution is -0.149. The first-order chi connectivity index (χ1) is 12.0. The summed E-state index contributed by atoms with van der Waals surface area (Å²) in [5.41, 5.74) is 0.285. The molecule has 1 saturated carbocycles. The second kappa shape index (κ2) is 7.04. The molecular formula is C19H26N2O4. The molecule has 0 aromatic heterocycles. The molecular weight excluding hydrogens is 320 g/mol. The Morgan fingerprint density at radius 2 is 2.20 bits per heavy atom. The summed E-state index contributed by atoms with van der Waals surface area (Å²) in [6.07, 6.45) is 2.65. The zero-order valence-corrected chi connectivity index (χ0v) is 14.8. The summed E-state index contributed by atoms with van der Waals surface area (Å²) in [5, 5.41) is 12.6. The fourth-order valence-corrected chi connectivity index (χ4v) is 4.46. The number of nitrogens with zero attached hydrogens (tertiary/aromatic N) is 1. The van der Waals surface area contributed by atoms with Crippen LogP contribution in [0.5, 0.6) is 5.75 Å². The second-order valence-electron chi connectivity index (χ2n) is 7.25. The van der Waals surface area contributed by atoms with Crippen LogP contribution in [0.25, 0.3) is 0 Å². The van der Waals surface area contributed by atoms with Crippen LogP contribution in [0, 0.1) is 11.3 Å². The third kappa shape index (κ3) is 3.35. The molecule has 3 atom stereocenters. The van der Waals surface area contributed by atoms with E-state index in [1.165, 1.54) is 0 Å². The van der Waals surface area contributed by atoms with E-state index in [9.17, 15) is 14.7 Å². The lowest BCUT2D eigenvalue weighted by Gasteiger charge is -2.23. The van der Waals surface area contributed by atoms with E-state index in [2.05, 4.69) is 5.32 Å². The van der Waals surface area contributed by atoms with Gasteiger partial charge >= 0.3 is 5.97 Å². The van der Waals surface area contributed by atoms with Gasteiger partial charge in [0.05, 0.1) is 25.1 Å². The number of methoxy groups -OCH3 is 1. The molecule has 25 heavy (non-hydrogen) atoms. The predicted molar refractivity (Wildman–Crippen MR) is 93.4 cm³/mol. The van der Waals surface area contributed by atoms with Gasteiger partial charge < -0.3 is 15.2 Å². The van der Waals surface area contributed by atoms with Gasteiger partial charge in [-0.2, -0.15) is 0 Å². The fourth-order valence-electron chi connectivity index (χ4n) is 4.46. The zero-order valence-electron chi connectivity index (χ0n) is 14.8. The minimum absolute atomic E-state index is 0.0843. The average Bonchev–Trinajstić information content (AvgIpc) is 3.12. The van der Waals surface area contributed by atoms with Gasteiger partial charge in [-0.1, -0.05) is 24.6 Å². The van der Waals surface area contributed by atoms with Gasteiger partial charge in [0, 0.05) is 18.7 Å². The number of aliphatic carboxylic acids is 1. The maximum atomic E-state index is 12.4. The molecule has 0 radical (unpaired) electrons. The molecule has 6 heteroatoms. The molecule has 1 aromatic rings. The maximum absolute atomic E-state index is 12.4. The smallest absolute Gasteiger partial charge is 0.311 e. The van der Waals surface area contributed by atoms with Crippen molar-refractivity contribution in [3.05, 3.63) is 29.8 Å². The van der Waals surface area contributed by atoms with Crippen LogP contribution in [0.15, 0.2) is 24.3 Å². The molecule has 0 spiro atoms. The lowest BCUT2D eigenvalue weighted by Crippen LogP contribution is -2.40. The summed E-state index contributed by atoms with van der Waals surface area (Å²) in [7, 11) is 1.61. The number of ether oxygens (including phenoxy) is 1. The zero-order chi connectivity index (χ0) is 18.0. The highest BCUT2D eigenvalue weighted by Gasteiger charge is 2.54. The maximum Gasteiger partial charge on any atom is 0.311 e. The van der Waals surface area contributed by atoms with E-state index in [1.54, 1.807) is 7.11 Å². The van der Waals surface area contributed by atoms with E-state index in [4.69, 9.17) is 4.74 Å². The highest BCUT2D eigenvalue weighted by molar-refractivity contribution is 5.80. The Morgan fingerprint density at radius 1 is 1.44 bits per heavy atom. The summed E-state index contributed by atoms with van der Waals surface area (Å²) in [4.78, 5) is 26.2. The highest BCUT2D eigenvalue weighted by Crippen LogP contribution is 2.48. The van der Waals surface area contributed by atoms with Gasteiger partial charge in [0.1, 0.15) is 5.75 Å². The number of benzene rings is 1. The molecule has 2 fully saturated rings. The van der Waals surface area contributed by atoms with Gasteiger partial charge in [0.2, 0.25) is 5.91 Å². The van der Waals surface area contributed by atoms with Gasteiger partial charge in [-0.3, -0.25) is 14.5 Å². The van der Waals surface area contributed by atoms with E-state index in [1.807, 2.05) is 36.1 Å². The van der Waals surface area contributed by atoms with E-state index in [0.717, 1.165) is 30.6 Å². The Kier molecular flexibility index (Phi) is 4.99. The Labute approximate surface area is 148 Å². The van der Waals surface area contributed by atoms with Crippen molar-refractivity contribution < 1.29 is 19.4 Å². The minimum Gasteiger partial charge on any atom is -0.496 e. The molecule has 1 saturated heterocycles. The van der Waals surface area contributed by atoms with Crippen molar-refractivity contribution in [1.29, 1.82) is 0 Å². The number of carbonyl (C=O) groups excluding carboxylic acids is 1. The van der Waals surface area contributed by atoms with Crippen LogP contribution in [0.3, 0.4) is 0 Å². The van der Waals surface area contributed by atoms with Crippen LogP contribution in [0.4, 0.5) is 0 Å².